The molecular formula is C12H14ClN3O5. The number of urea groups is 1. The highest BCUT2D eigenvalue weighted by molar-refractivity contribution is 6.33. The van der Waals surface area contributed by atoms with Crippen molar-refractivity contribution in [3.05, 3.63) is 33.3 Å². The molecule has 8 nitrogen and oxygen atoms in total. The molecule has 2 amide bonds. The molecule has 0 bridgehead atoms. The molecule has 1 aromatic carbocycles. The second-order valence-electron chi connectivity index (χ2n) is 4.44. The van der Waals surface area contributed by atoms with Crippen LogP contribution in [0.1, 0.15) is 13.8 Å². The van der Waals surface area contributed by atoms with Crippen LogP contribution in [0.3, 0.4) is 0 Å². The molecule has 2 unspecified atom stereocenters. The molecule has 3 N–H and O–H groups in total. The molecule has 114 valence electrons. The molecule has 2 atom stereocenters. The van der Waals surface area contributed by atoms with E-state index in [4.69, 9.17) is 16.7 Å². The van der Waals surface area contributed by atoms with Gasteiger partial charge >= 0.3 is 12.0 Å². The van der Waals surface area contributed by atoms with Gasteiger partial charge < -0.3 is 15.7 Å². The number of hydrogen-bond acceptors (Lipinski definition) is 4. The fourth-order valence-electron chi connectivity index (χ4n) is 1.43. The van der Waals surface area contributed by atoms with Crippen molar-refractivity contribution in [2.45, 2.75) is 19.9 Å². The number of anilines is 1. The summed E-state index contributed by atoms with van der Waals surface area (Å²) in [6.07, 6.45) is 0. The van der Waals surface area contributed by atoms with Crippen LogP contribution in [0, 0.1) is 16.0 Å². The Hall–Kier alpha value is -2.35. The highest BCUT2D eigenvalue weighted by Gasteiger charge is 2.21. The number of nitrogens with zero attached hydrogens (tertiary/aromatic N) is 1. The minimum absolute atomic E-state index is 0.0681. The maximum Gasteiger partial charge on any atom is 0.319 e. The topological polar surface area (TPSA) is 122 Å². The van der Waals surface area contributed by atoms with Crippen LogP contribution in [0.5, 0.6) is 0 Å². The van der Waals surface area contributed by atoms with E-state index in [0.29, 0.717) is 0 Å². The van der Waals surface area contributed by atoms with Crippen molar-refractivity contribution in [1.82, 2.24) is 5.32 Å². The average molecular weight is 316 g/mol. The maximum absolute atomic E-state index is 11.7. The molecule has 1 rings (SSSR count). The van der Waals surface area contributed by atoms with Gasteiger partial charge in [-0.15, -0.1) is 0 Å². The third kappa shape index (κ3) is 4.60. The summed E-state index contributed by atoms with van der Waals surface area (Å²) in [6.45, 7) is 2.99. The first-order valence-electron chi connectivity index (χ1n) is 5.96. The van der Waals surface area contributed by atoms with E-state index < -0.39 is 28.9 Å². The van der Waals surface area contributed by atoms with Crippen molar-refractivity contribution >= 4 is 35.0 Å². The first kappa shape index (κ1) is 16.7. The lowest BCUT2D eigenvalue weighted by molar-refractivity contribution is -0.384. The van der Waals surface area contributed by atoms with Crippen molar-refractivity contribution in [3.63, 3.8) is 0 Å². The number of rotatable bonds is 5. The predicted molar refractivity (Wildman–Crippen MR) is 76.5 cm³/mol. The van der Waals surface area contributed by atoms with Crippen LogP contribution in [-0.2, 0) is 4.79 Å². The quantitative estimate of drug-likeness (QED) is 0.569. The number of nitro groups is 1. The van der Waals surface area contributed by atoms with Crippen molar-refractivity contribution in [2.75, 3.05) is 5.32 Å². The Bertz CT molecular complexity index is 578. The van der Waals surface area contributed by atoms with Gasteiger partial charge in [0.2, 0.25) is 0 Å². The van der Waals surface area contributed by atoms with Gasteiger partial charge in [-0.05, 0) is 19.9 Å². The molecule has 0 fully saturated rings. The number of amides is 2. The van der Waals surface area contributed by atoms with Gasteiger partial charge in [-0.3, -0.25) is 14.9 Å². The summed E-state index contributed by atoms with van der Waals surface area (Å²) in [5.74, 6) is -1.83. The molecule has 0 aliphatic carbocycles. The van der Waals surface area contributed by atoms with E-state index in [1.165, 1.54) is 26.0 Å². The molecule has 9 heteroatoms. The standard InChI is InChI=1S/C12H14ClN3O5/c1-6(11(17)18)7(2)14-12(19)15-10-5-8(16(20)21)3-4-9(10)13/h3-7H,1-2H3,(H,17,18)(H2,14,15,19). The highest BCUT2D eigenvalue weighted by atomic mass is 35.5. The van der Waals surface area contributed by atoms with E-state index in [1.807, 2.05) is 0 Å². The van der Waals surface area contributed by atoms with Crippen molar-refractivity contribution < 1.29 is 19.6 Å². The Kier molecular flexibility index (Phi) is 5.48. The number of benzene rings is 1. The number of carbonyl (C=O) groups excluding carboxylic acids is 1. The third-order valence-corrected chi connectivity index (χ3v) is 3.24. The fraction of sp³-hybridized carbons (Fsp3) is 0.333. The van der Waals surface area contributed by atoms with E-state index >= 15 is 0 Å². The summed E-state index contributed by atoms with van der Waals surface area (Å²) in [5.41, 5.74) is -0.153. The molecule has 0 radical (unpaired) electrons. The van der Waals surface area contributed by atoms with E-state index in [9.17, 15) is 19.7 Å². The number of hydrogen-bond donors (Lipinski definition) is 3. The number of halogens is 1. The molecule has 0 heterocycles. The van der Waals surface area contributed by atoms with Crippen molar-refractivity contribution in [2.24, 2.45) is 5.92 Å². The minimum atomic E-state index is -1.05. The number of non-ortho nitro benzene ring substituents is 1. The van der Waals surface area contributed by atoms with Gasteiger partial charge in [0.05, 0.1) is 21.6 Å². The maximum atomic E-state index is 11.7. The normalized spacial score (nSPS) is 13.1. The van der Waals surface area contributed by atoms with Gasteiger partial charge in [0.1, 0.15) is 0 Å². The Morgan fingerprint density at radius 2 is 2.00 bits per heavy atom. The van der Waals surface area contributed by atoms with Crippen LogP contribution < -0.4 is 10.6 Å². The summed E-state index contributed by atoms with van der Waals surface area (Å²) in [7, 11) is 0. The van der Waals surface area contributed by atoms with Gasteiger partial charge in [-0.25, -0.2) is 4.79 Å². The van der Waals surface area contributed by atoms with Crippen LogP contribution in [0.4, 0.5) is 16.2 Å². The molecule has 1 aromatic rings. The monoisotopic (exact) mass is 315 g/mol. The van der Waals surface area contributed by atoms with Crippen LogP contribution >= 0.6 is 11.6 Å². The van der Waals surface area contributed by atoms with E-state index in [0.717, 1.165) is 6.07 Å². The van der Waals surface area contributed by atoms with Crippen LogP contribution in [0.25, 0.3) is 0 Å². The number of carboxylic acids is 1. The molecular weight excluding hydrogens is 302 g/mol. The third-order valence-electron chi connectivity index (χ3n) is 2.91. The van der Waals surface area contributed by atoms with Crippen molar-refractivity contribution in [1.29, 1.82) is 0 Å². The Balaban J connectivity index is 2.77. The van der Waals surface area contributed by atoms with Gasteiger partial charge in [0.25, 0.3) is 5.69 Å². The average Bonchev–Trinajstić information content (AvgIpc) is 2.39. The summed E-state index contributed by atoms with van der Waals surface area (Å²) < 4.78 is 0. The number of aliphatic carboxylic acids is 1. The zero-order valence-electron chi connectivity index (χ0n) is 11.3. The second-order valence-corrected chi connectivity index (χ2v) is 4.84. The van der Waals surface area contributed by atoms with Gasteiger partial charge in [0.15, 0.2) is 0 Å². The van der Waals surface area contributed by atoms with Crippen LogP contribution in [-0.4, -0.2) is 28.1 Å². The SMILES string of the molecule is CC(NC(=O)Nc1cc([N+](=O)[O-])ccc1Cl)C(C)C(=O)O. The Morgan fingerprint density at radius 1 is 1.38 bits per heavy atom. The summed E-state index contributed by atoms with van der Waals surface area (Å²) in [5, 5.41) is 24.4. The minimum Gasteiger partial charge on any atom is -0.481 e. The molecule has 0 aromatic heterocycles. The Labute approximate surface area is 125 Å². The highest BCUT2D eigenvalue weighted by Crippen LogP contribution is 2.26. The second kappa shape index (κ2) is 6.89. The molecule has 21 heavy (non-hydrogen) atoms. The first-order valence-corrected chi connectivity index (χ1v) is 6.34. The molecule has 0 aliphatic heterocycles. The van der Waals surface area contributed by atoms with Gasteiger partial charge in [-0.2, -0.15) is 0 Å². The lowest BCUT2D eigenvalue weighted by Crippen LogP contribution is -2.42. The lowest BCUT2D eigenvalue weighted by atomic mass is 10.0. The molecule has 0 spiro atoms. The summed E-state index contributed by atoms with van der Waals surface area (Å²) in [4.78, 5) is 32.6. The number of nitro benzene ring substituents is 1. The molecule has 0 saturated heterocycles. The lowest BCUT2D eigenvalue weighted by Gasteiger charge is -2.18. The van der Waals surface area contributed by atoms with Crippen LogP contribution in [0.15, 0.2) is 18.2 Å². The van der Waals surface area contributed by atoms with Crippen LogP contribution in [0.2, 0.25) is 5.02 Å². The summed E-state index contributed by atoms with van der Waals surface area (Å²) in [6, 6.07) is 2.30. The Morgan fingerprint density at radius 3 is 2.52 bits per heavy atom. The molecule has 0 aliphatic rings. The number of nitrogens with one attached hydrogen (secondary N) is 2. The zero-order valence-corrected chi connectivity index (χ0v) is 12.0. The number of carbonyl (C=O) groups is 2. The zero-order chi connectivity index (χ0) is 16.2. The van der Waals surface area contributed by atoms with E-state index in [2.05, 4.69) is 10.6 Å². The van der Waals surface area contributed by atoms with E-state index in [-0.39, 0.29) is 16.4 Å². The largest absolute Gasteiger partial charge is 0.481 e. The fourth-order valence-corrected chi connectivity index (χ4v) is 1.59. The first-order chi connectivity index (χ1) is 9.72. The smallest absolute Gasteiger partial charge is 0.319 e. The van der Waals surface area contributed by atoms with E-state index in [1.54, 1.807) is 0 Å². The predicted octanol–water partition coefficient (Wildman–Crippen LogP) is 2.48. The number of carboxylic acid groups (broad SMARTS) is 1. The van der Waals surface area contributed by atoms with Gasteiger partial charge in [0, 0.05) is 18.2 Å². The summed E-state index contributed by atoms with van der Waals surface area (Å²) >= 11 is 5.84. The van der Waals surface area contributed by atoms with Gasteiger partial charge in [-0.1, -0.05) is 11.6 Å². The van der Waals surface area contributed by atoms with Crippen molar-refractivity contribution in [3.8, 4) is 0 Å². The molecule has 0 saturated carbocycles.